The summed E-state index contributed by atoms with van der Waals surface area (Å²) in [6.07, 6.45) is -1.10. The molecule has 0 atom stereocenters. The molecule has 0 unspecified atom stereocenters. The van der Waals surface area contributed by atoms with Crippen LogP contribution in [0.15, 0.2) is 36.5 Å². The molecule has 46 heavy (non-hydrogen) atoms. The molecule has 0 radical (unpaired) electrons. The largest absolute Gasteiger partial charge is 0.459 e. The van der Waals surface area contributed by atoms with Gasteiger partial charge in [-0.25, -0.2) is 14.6 Å². The maximum absolute atomic E-state index is 13.6. The molecular weight excluding hydrogens is 627 g/mol. The molecule has 244 valence electrons. The standard InChI is InChI=1S/C32H33ClF3N5O5/c1-31(2,3)46-30(44)40-20-10-8-19(9-11-20)39-27-26-21(6-5-15-37-26)24(13-14-25(42)45-4)41-28(27)29(43)38-17-18-7-12-23(33)22(16-18)32(34,35)36/h5-7,12,15-16,19-20,39H,8-11,17H2,1-4H3,(H,38,43)(H,40,44). The number of esters is 1. The summed E-state index contributed by atoms with van der Waals surface area (Å²) in [4.78, 5) is 46.6. The number of hydrogen-bond acceptors (Lipinski definition) is 8. The molecule has 1 aromatic carbocycles. The van der Waals surface area contributed by atoms with E-state index in [-0.39, 0.29) is 35.6 Å². The van der Waals surface area contributed by atoms with E-state index in [1.54, 1.807) is 32.9 Å². The number of alkyl halides is 3. The Labute approximate surface area is 268 Å². The fourth-order valence-electron chi connectivity index (χ4n) is 4.92. The van der Waals surface area contributed by atoms with Crippen LogP contribution in [0.3, 0.4) is 0 Å². The lowest BCUT2D eigenvalue weighted by atomic mass is 9.91. The van der Waals surface area contributed by atoms with Gasteiger partial charge in [-0.15, -0.1) is 0 Å². The maximum Gasteiger partial charge on any atom is 0.417 e. The molecule has 0 aliphatic heterocycles. The van der Waals surface area contributed by atoms with Gasteiger partial charge in [0.15, 0.2) is 5.69 Å². The molecule has 3 aromatic rings. The Morgan fingerprint density at radius 1 is 1.07 bits per heavy atom. The van der Waals surface area contributed by atoms with Crippen molar-refractivity contribution in [2.45, 2.75) is 76.9 Å². The monoisotopic (exact) mass is 659 g/mol. The first-order valence-corrected chi connectivity index (χ1v) is 14.8. The molecule has 1 saturated carbocycles. The van der Waals surface area contributed by atoms with Crippen molar-refractivity contribution < 1.29 is 37.0 Å². The Kier molecular flexibility index (Phi) is 10.6. The predicted molar refractivity (Wildman–Crippen MR) is 165 cm³/mol. The zero-order chi connectivity index (χ0) is 33.6. The molecule has 4 rings (SSSR count). The third-order valence-electron chi connectivity index (χ3n) is 7.03. The number of hydrogen-bond donors (Lipinski definition) is 3. The third-order valence-corrected chi connectivity index (χ3v) is 7.36. The van der Waals surface area contributed by atoms with Crippen molar-refractivity contribution in [2.24, 2.45) is 0 Å². The van der Waals surface area contributed by atoms with E-state index in [9.17, 15) is 27.6 Å². The normalized spacial score (nSPS) is 16.5. The number of amides is 2. The number of halogens is 4. The van der Waals surface area contributed by atoms with Crippen LogP contribution in [0, 0.1) is 11.8 Å². The molecule has 2 aromatic heterocycles. The van der Waals surface area contributed by atoms with Gasteiger partial charge in [0, 0.05) is 36.1 Å². The fourth-order valence-corrected chi connectivity index (χ4v) is 5.14. The lowest BCUT2D eigenvalue weighted by molar-refractivity contribution is -0.137. The number of nitrogens with zero attached hydrogens (tertiary/aromatic N) is 2. The van der Waals surface area contributed by atoms with Crippen molar-refractivity contribution >= 4 is 46.2 Å². The fraction of sp³-hybridized carbons (Fsp3) is 0.406. The molecule has 10 nitrogen and oxygen atoms in total. The number of pyridine rings is 2. The van der Waals surface area contributed by atoms with Crippen molar-refractivity contribution in [1.29, 1.82) is 0 Å². The molecule has 0 saturated heterocycles. The van der Waals surface area contributed by atoms with Crippen LogP contribution in [0.2, 0.25) is 5.02 Å². The summed E-state index contributed by atoms with van der Waals surface area (Å²) in [7, 11) is 1.18. The highest BCUT2D eigenvalue weighted by Gasteiger charge is 2.33. The van der Waals surface area contributed by atoms with Gasteiger partial charge < -0.3 is 25.4 Å². The molecule has 1 fully saturated rings. The van der Waals surface area contributed by atoms with Gasteiger partial charge in [0.25, 0.3) is 5.91 Å². The van der Waals surface area contributed by atoms with Crippen LogP contribution in [-0.4, -0.2) is 52.7 Å². The van der Waals surface area contributed by atoms with E-state index in [1.807, 2.05) is 0 Å². The lowest BCUT2D eigenvalue weighted by Gasteiger charge is -2.31. The lowest BCUT2D eigenvalue weighted by Crippen LogP contribution is -2.42. The molecule has 2 heterocycles. The van der Waals surface area contributed by atoms with Crippen LogP contribution in [0.4, 0.5) is 23.7 Å². The predicted octanol–water partition coefficient (Wildman–Crippen LogP) is 6.00. The van der Waals surface area contributed by atoms with Crippen molar-refractivity contribution in [1.82, 2.24) is 20.6 Å². The molecule has 14 heteroatoms. The van der Waals surface area contributed by atoms with E-state index in [0.29, 0.717) is 42.3 Å². The third kappa shape index (κ3) is 9.00. The number of benzene rings is 1. The Balaban J connectivity index is 1.62. The second-order valence-electron chi connectivity index (χ2n) is 11.7. The van der Waals surface area contributed by atoms with Gasteiger partial charge in [-0.05, 0) is 82.2 Å². The summed E-state index contributed by atoms with van der Waals surface area (Å²) in [6.45, 7) is 5.10. The van der Waals surface area contributed by atoms with E-state index in [4.69, 9.17) is 16.3 Å². The summed E-state index contributed by atoms with van der Waals surface area (Å²) < 4.78 is 50.2. The van der Waals surface area contributed by atoms with Gasteiger partial charge in [0.2, 0.25) is 0 Å². The van der Waals surface area contributed by atoms with E-state index in [1.165, 1.54) is 19.4 Å². The molecule has 1 aliphatic carbocycles. The quantitative estimate of drug-likeness (QED) is 0.217. The Morgan fingerprint density at radius 3 is 2.41 bits per heavy atom. The number of nitrogens with one attached hydrogen (secondary N) is 3. The van der Waals surface area contributed by atoms with Gasteiger partial charge >= 0.3 is 18.2 Å². The number of carbonyl (C=O) groups is 3. The Morgan fingerprint density at radius 2 is 1.76 bits per heavy atom. The van der Waals surface area contributed by atoms with E-state index < -0.39 is 40.3 Å². The summed E-state index contributed by atoms with van der Waals surface area (Å²) in [5.41, 5.74) is -0.847. The van der Waals surface area contributed by atoms with E-state index in [0.717, 1.165) is 12.1 Å². The highest BCUT2D eigenvalue weighted by Crippen LogP contribution is 2.35. The van der Waals surface area contributed by atoms with Crippen LogP contribution < -0.4 is 16.0 Å². The second kappa shape index (κ2) is 14.2. The molecular formula is C32H33ClF3N5O5. The number of anilines is 1. The average molecular weight is 660 g/mol. The average Bonchev–Trinajstić information content (AvgIpc) is 2.99. The van der Waals surface area contributed by atoms with Crippen molar-refractivity contribution in [2.75, 3.05) is 12.4 Å². The zero-order valence-corrected chi connectivity index (χ0v) is 26.4. The number of fused-ring (bicyclic) bond motifs is 1. The first kappa shape index (κ1) is 34.3. The zero-order valence-electron chi connectivity index (χ0n) is 25.6. The summed E-state index contributed by atoms with van der Waals surface area (Å²) >= 11 is 5.74. The molecule has 0 spiro atoms. The van der Waals surface area contributed by atoms with Crippen LogP contribution in [0.25, 0.3) is 10.9 Å². The highest BCUT2D eigenvalue weighted by atomic mass is 35.5. The number of aromatic nitrogens is 2. The minimum atomic E-state index is -4.67. The van der Waals surface area contributed by atoms with Gasteiger partial charge in [0.1, 0.15) is 11.3 Å². The SMILES string of the molecule is COC(=O)C#Cc1nc(C(=O)NCc2ccc(Cl)c(C(F)(F)F)c2)c(NC2CCC(NC(=O)OC(C)(C)C)CC2)c2ncccc12. The Bertz CT molecular complexity index is 1690. The van der Waals surface area contributed by atoms with Crippen molar-refractivity contribution in [3.8, 4) is 11.8 Å². The summed E-state index contributed by atoms with van der Waals surface area (Å²) in [5.74, 6) is 3.42. The minimum absolute atomic E-state index is 0.0836. The maximum atomic E-state index is 13.6. The highest BCUT2D eigenvalue weighted by molar-refractivity contribution is 6.31. The first-order chi connectivity index (χ1) is 21.6. The van der Waals surface area contributed by atoms with Crippen molar-refractivity contribution in [3.63, 3.8) is 0 Å². The number of carbonyl (C=O) groups excluding carboxylic acids is 3. The minimum Gasteiger partial charge on any atom is -0.459 e. The van der Waals surface area contributed by atoms with E-state index >= 15 is 0 Å². The summed E-state index contributed by atoms with van der Waals surface area (Å²) in [6, 6.07) is 6.48. The van der Waals surface area contributed by atoms with E-state index in [2.05, 4.69) is 42.5 Å². The number of ether oxygens (including phenoxy) is 2. The Hall–Kier alpha value is -4.57. The first-order valence-electron chi connectivity index (χ1n) is 14.4. The number of methoxy groups -OCH3 is 1. The van der Waals surface area contributed by atoms with Crippen LogP contribution >= 0.6 is 11.6 Å². The van der Waals surface area contributed by atoms with Gasteiger partial charge in [-0.1, -0.05) is 17.7 Å². The smallest absolute Gasteiger partial charge is 0.417 e. The molecule has 3 N–H and O–H groups in total. The van der Waals surface area contributed by atoms with Gasteiger partial charge in [-0.3, -0.25) is 9.78 Å². The van der Waals surface area contributed by atoms with Crippen LogP contribution in [-0.2, 0) is 27.0 Å². The molecule has 2 amide bonds. The van der Waals surface area contributed by atoms with Crippen molar-refractivity contribution in [3.05, 3.63) is 64.1 Å². The number of rotatable bonds is 6. The van der Waals surface area contributed by atoms with Crippen LogP contribution in [0.1, 0.15) is 73.8 Å². The van der Waals surface area contributed by atoms with Gasteiger partial charge in [0.05, 0.1) is 28.9 Å². The molecule has 0 bridgehead atoms. The molecule has 1 aliphatic rings. The second-order valence-corrected chi connectivity index (χ2v) is 12.1. The topological polar surface area (TPSA) is 132 Å². The summed E-state index contributed by atoms with van der Waals surface area (Å²) in [5, 5.41) is 8.91. The van der Waals surface area contributed by atoms with Crippen LogP contribution in [0.5, 0.6) is 0 Å². The number of alkyl carbamates (subject to hydrolysis) is 1. The van der Waals surface area contributed by atoms with Gasteiger partial charge in [-0.2, -0.15) is 13.2 Å².